The summed E-state index contributed by atoms with van der Waals surface area (Å²) < 4.78 is 16.4. The van der Waals surface area contributed by atoms with Gasteiger partial charge in [0.15, 0.2) is 0 Å². The standard InChI is InChI=1S/C9H12ClNO2S/c1-13-4-5-14(12)7-2-3-9(11)8(10)6-7/h2-3,6H,4-5,11H2,1H3. The molecule has 0 bridgehead atoms. The molecule has 1 aromatic carbocycles. The molecule has 0 amide bonds. The second kappa shape index (κ2) is 5.34. The fraction of sp³-hybridized carbons (Fsp3) is 0.333. The minimum atomic E-state index is -1.07. The van der Waals surface area contributed by atoms with Crippen LogP contribution in [0.2, 0.25) is 5.02 Å². The van der Waals surface area contributed by atoms with Crippen LogP contribution >= 0.6 is 11.6 Å². The van der Waals surface area contributed by atoms with Crippen LogP contribution in [0.1, 0.15) is 0 Å². The van der Waals surface area contributed by atoms with E-state index in [1.54, 1.807) is 25.3 Å². The number of halogens is 1. The van der Waals surface area contributed by atoms with Crippen molar-refractivity contribution in [3.63, 3.8) is 0 Å². The van der Waals surface area contributed by atoms with Crippen LogP contribution in [0.15, 0.2) is 23.1 Å². The van der Waals surface area contributed by atoms with Crippen molar-refractivity contribution in [1.82, 2.24) is 0 Å². The number of nitrogens with two attached hydrogens (primary N) is 1. The SMILES string of the molecule is COCCS(=O)c1ccc(N)c(Cl)c1. The molecule has 1 atom stereocenters. The summed E-state index contributed by atoms with van der Waals surface area (Å²) in [6, 6.07) is 5.00. The van der Waals surface area contributed by atoms with Crippen LogP contribution in [0.25, 0.3) is 0 Å². The Morgan fingerprint density at radius 1 is 1.57 bits per heavy atom. The molecule has 0 heterocycles. The van der Waals surface area contributed by atoms with Crippen molar-refractivity contribution in [2.24, 2.45) is 0 Å². The maximum atomic E-state index is 11.6. The van der Waals surface area contributed by atoms with Gasteiger partial charge < -0.3 is 10.5 Å². The molecule has 0 aliphatic rings. The van der Waals surface area contributed by atoms with E-state index >= 15 is 0 Å². The summed E-state index contributed by atoms with van der Waals surface area (Å²) in [4.78, 5) is 0.682. The maximum Gasteiger partial charge on any atom is 0.0647 e. The first kappa shape index (κ1) is 11.5. The number of anilines is 1. The Bertz CT molecular complexity index is 344. The number of rotatable bonds is 4. The molecule has 1 unspecified atom stereocenters. The van der Waals surface area contributed by atoms with E-state index in [1.807, 2.05) is 0 Å². The first-order chi connectivity index (χ1) is 6.65. The molecule has 0 fully saturated rings. The highest BCUT2D eigenvalue weighted by Crippen LogP contribution is 2.21. The van der Waals surface area contributed by atoms with E-state index in [0.717, 1.165) is 0 Å². The molecule has 1 rings (SSSR count). The van der Waals surface area contributed by atoms with Crippen LogP contribution in [0.5, 0.6) is 0 Å². The molecular weight excluding hydrogens is 222 g/mol. The molecule has 78 valence electrons. The van der Waals surface area contributed by atoms with Gasteiger partial charge >= 0.3 is 0 Å². The van der Waals surface area contributed by atoms with Gasteiger partial charge in [-0.2, -0.15) is 0 Å². The Balaban J connectivity index is 2.76. The van der Waals surface area contributed by atoms with Crippen LogP contribution in [-0.2, 0) is 15.5 Å². The molecule has 0 saturated carbocycles. The highest BCUT2D eigenvalue weighted by Gasteiger charge is 2.05. The van der Waals surface area contributed by atoms with Gasteiger partial charge in [-0.1, -0.05) is 11.6 Å². The molecular formula is C9H12ClNO2S. The second-order valence-corrected chi connectivity index (χ2v) is 4.70. The number of ether oxygens (including phenoxy) is 1. The number of hydrogen-bond donors (Lipinski definition) is 1. The van der Waals surface area contributed by atoms with E-state index in [-0.39, 0.29) is 0 Å². The van der Waals surface area contributed by atoms with Crippen molar-refractivity contribution in [1.29, 1.82) is 0 Å². The van der Waals surface area contributed by atoms with Gasteiger partial charge in [-0.05, 0) is 18.2 Å². The van der Waals surface area contributed by atoms with E-state index in [0.29, 0.717) is 28.0 Å². The molecule has 14 heavy (non-hydrogen) atoms. The van der Waals surface area contributed by atoms with Crippen LogP contribution in [0.4, 0.5) is 5.69 Å². The largest absolute Gasteiger partial charge is 0.398 e. The zero-order valence-electron chi connectivity index (χ0n) is 7.83. The van der Waals surface area contributed by atoms with Gasteiger partial charge in [0.1, 0.15) is 0 Å². The molecule has 0 saturated heterocycles. The van der Waals surface area contributed by atoms with Crippen LogP contribution < -0.4 is 5.73 Å². The molecule has 0 aliphatic carbocycles. The molecule has 0 radical (unpaired) electrons. The lowest BCUT2D eigenvalue weighted by Gasteiger charge is -2.03. The molecule has 0 aromatic heterocycles. The first-order valence-electron chi connectivity index (χ1n) is 4.07. The van der Waals surface area contributed by atoms with Crippen LogP contribution in [0.3, 0.4) is 0 Å². The zero-order valence-corrected chi connectivity index (χ0v) is 9.40. The lowest BCUT2D eigenvalue weighted by atomic mass is 10.3. The smallest absolute Gasteiger partial charge is 0.0647 e. The van der Waals surface area contributed by atoms with Gasteiger partial charge in [-0.15, -0.1) is 0 Å². The third-order valence-electron chi connectivity index (χ3n) is 1.71. The lowest BCUT2D eigenvalue weighted by molar-refractivity contribution is 0.218. The number of methoxy groups -OCH3 is 1. The summed E-state index contributed by atoms with van der Waals surface area (Å²) >= 11 is 5.80. The predicted molar refractivity (Wildman–Crippen MR) is 59.0 cm³/mol. The zero-order chi connectivity index (χ0) is 10.6. The van der Waals surface area contributed by atoms with Crippen LogP contribution in [0, 0.1) is 0 Å². The maximum absolute atomic E-state index is 11.6. The minimum absolute atomic E-state index is 0.438. The van der Waals surface area contributed by atoms with Gasteiger partial charge in [-0.3, -0.25) is 4.21 Å². The molecule has 2 N–H and O–H groups in total. The van der Waals surface area contributed by atoms with Gasteiger partial charge in [0.05, 0.1) is 33.9 Å². The monoisotopic (exact) mass is 233 g/mol. The van der Waals surface area contributed by atoms with E-state index in [1.165, 1.54) is 0 Å². The van der Waals surface area contributed by atoms with Gasteiger partial charge in [0.2, 0.25) is 0 Å². The van der Waals surface area contributed by atoms with Crippen molar-refractivity contribution in [3.8, 4) is 0 Å². The Kier molecular flexibility index (Phi) is 4.38. The number of hydrogen-bond acceptors (Lipinski definition) is 3. The molecule has 5 heteroatoms. The highest BCUT2D eigenvalue weighted by atomic mass is 35.5. The Morgan fingerprint density at radius 2 is 2.29 bits per heavy atom. The average molecular weight is 234 g/mol. The Hall–Kier alpha value is -0.580. The Morgan fingerprint density at radius 3 is 2.86 bits per heavy atom. The summed E-state index contributed by atoms with van der Waals surface area (Å²) in [6.07, 6.45) is 0. The molecule has 3 nitrogen and oxygen atoms in total. The third kappa shape index (κ3) is 2.97. The van der Waals surface area contributed by atoms with Gasteiger partial charge in [-0.25, -0.2) is 0 Å². The van der Waals surface area contributed by atoms with Crippen molar-refractivity contribution in [3.05, 3.63) is 23.2 Å². The van der Waals surface area contributed by atoms with Crippen molar-refractivity contribution in [2.75, 3.05) is 25.2 Å². The third-order valence-corrected chi connectivity index (χ3v) is 3.35. The van der Waals surface area contributed by atoms with Crippen molar-refractivity contribution >= 4 is 28.1 Å². The average Bonchev–Trinajstić information content (AvgIpc) is 2.18. The quantitative estimate of drug-likeness (QED) is 0.805. The number of benzene rings is 1. The van der Waals surface area contributed by atoms with E-state index in [9.17, 15) is 4.21 Å². The summed E-state index contributed by atoms with van der Waals surface area (Å²) in [5.74, 6) is 0.469. The number of nitrogen functional groups attached to an aromatic ring is 1. The highest BCUT2D eigenvalue weighted by molar-refractivity contribution is 7.85. The summed E-state index contributed by atoms with van der Waals surface area (Å²) in [7, 11) is 0.510. The van der Waals surface area contributed by atoms with E-state index in [2.05, 4.69) is 0 Å². The van der Waals surface area contributed by atoms with Crippen molar-refractivity contribution < 1.29 is 8.95 Å². The fourth-order valence-corrected chi connectivity index (χ4v) is 2.19. The molecule has 1 aromatic rings. The lowest BCUT2D eigenvalue weighted by Crippen LogP contribution is -2.04. The van der Waals surface area contributed by atoms with Crippen LogP contribution in [-0.4, -0.2) is 23.7 Å². The topological polar surface area (TPSA) is 52.3 Å². The molecule has 0 aliphatic heterocycles. The molecule has 0 spiro atoms. The second-order valence-electron chi connectivity index (χ2n) is 2.73. The predicted octanol–water partition coefficient (Wildman–Crippen LogP) is 1.68. The summed E-state index contributed by atoms with van der Waals surface area (Å²) in [6.45, 7) is 0.467. The fourth-order valence-electron chi connectivity index (χ4n) is 0.926. The van der Waals surface area contributed by atoms with Gasteiger partial charge in [0.25, 0.3) is 0 Å². The van der Waals surface area contributed by atoms with E-state index < -0.39 is 10.8 Å². The summed E-state index contributed by atoms with van der Waals surface area (Å²) in [5, 5.41) is 0.438. The van der Waals surface area contributed by atoms with Crippen molar-refractivity contribution in [2.45, 2.75) is 4.90 Å². The minimum Gasteiger partial charge on any atom is -0.398 e. The summed E-state index contributed by atoms with van der Waals surface area (Å²) in [5.41, 5.74) is 6.03. The normalized spacial score (nSPS) is 12.7. The first-order valence-corrected chi connectivity index (χ1v) is 5.77. The Labute approximate surface area is 90.7 Å². The van der Waals surface area contributed by atoms with Gasteiger partial charge in [0, 0.05) is 12.0 Å². The van der Waals surface area contributed by atoms with E-state index in [4.69, 9.17) is 22.1 Å².